The minimum atomic E-state index is 0.554. The summed E-state index contributed by atoms with van der Waals surface area (Å²) >= 11 is 3.92. The van der Waals surface area contributed by atoms with E-state index >= 15 is 0 Å². The van der Waals surface area contributed by atoms with Crippen LogP contribution in [0.1, 0.15) is 30.0 Å². The van der Waals surface area contributed by atoms with Gasteiger partial charge in [0, 0.05) is 26.4 Å². The highest BCUT2D eigenvalue weighted by molar-refractivity contribution is 7.99. The van der Waals surface area contributed by atoms with Crippen molar-refractivity contribution in [3.05, 3.63) is 52.2 Å². The fourth-order valence-electron chi connectivity index (χ4n) is 2.22. The molecule has 2 rings (SSSR count). The monoisotopic (exact) mass is 319 g/mol. The summed E-state index contributed by atoms with van der Waals surface area (Å²) in [6.45, 7) is 5.56. The van der Waals surface area contributed by atoms with Gasteiger partial charge in [0.25, 0.3) is 0 Å². The topological polar surface area (TPSA) is 12.0 Å². The van der Waals surface area contributed by atoms with Gasteiger partial charge in [0.15, 0.2) is 0 Å². The summed E-state index contributed by atoms with van der Waals surface area (Å²) in [5.74, 6) is 1.13. The standard InChI is InChI=1S/C18H25NS2/c1-3-12-19-15(13-18-11-10-16(4-2)21-18)14-20-17-8-6-5-7-9-17/h5-11,15,19H,3-4,12-14H2,1-2H3. The summed E-state index contributed by atoms with van der Waals surface area (Å²) in [4.78, 5) is 4.37. The van der Waals surface area contributed by atoms with E-state index in [1.807, 2.05) is 23.1 Å². The Morgan fingerprint density at radius 2 is 1.81 bits per heavy atom. The number of benzene rings is 1. The van der Waals surface area contributed by atoms with Crippen LogP contribution in [0.2, 0.25) is 0 Å². The van der Waals surface area contributed by atoms with Crippen molar-refractivity contribution in [3.8, 4) is 0 Å². The first-order chi connectivity index (χ1) is 10.3. The second kappa shape index (κ2) is 9.29. The predicted octanol–water partition coefficient (Wildman–Crippen LogP) is 5.01. The van der Waals surface area contributed by atoms with Crippen LogP contribution in [0.4, 0.5) is 0 Å². The molecule has 0 aliphatic heterocycles. The van der Waals surface area contributed by atoms with Crippen LogP contribution < -0.4 is 5.32 Å². The van der Waals surface area contributed by atoms with Crippen molar-refractivity contribution < 1.29 is 0 Å². The van der Waals surface area contributed by atoms with E-state index in [2.05, 4.69) is 61.6 Å². The predicted molar refractivity (Wildman–Crippen MR) is 96.6 cm³/mol. The first-order valence-electron chi connectivity index (χ1n) is 7.80. The SMILES string of the molecule is CCCNC(CSc1ccccc1)Cc1ccc(CC)s1. The Balaban J connectivity index is 1.90. The van der Waals surface area contributed by atoms with Crippen LogP contribution in [-0.2, 0) is 12.8 Å². The maximum atomic E-state index is 3.70. The van der Waals surface area contributed by atoms with Crippen molar-refractivity contribution in [2.75, 3.05) is 12.3 Å². The third kappa shape index (κ3) is 5.85. The van der Waals surface area contributed by atoms with Crippen LogP contribution >= 0.6 is 23.1 Å². The second-order valence-corrected chi connectivity index (χ2v) is 7.55. The Morgan fingerprint density at radius 1 is 1.05 bits per heavy atom. The van der Waals surface area contributed by atoms with Crippen LogP contribution in [0.25, 0.3) is 0 Å². The first-order valence-corrected chi connectivity index (χ1v) is 9.60. The molecule has 0 aliphatic rings. The van der Waals surface area contributed by atoms with Crippen LogP contribution in [-0.4, -0.2) is 18.3 Å². The van der Waals surface area contributed by atoms with Crippen LogP contribution in [0.15, 0.2) is 47.4 Å². The van der Waals surface area contributed by atoms with E-state index in [4.69, 9.17) is 0 Å². The van der Waals surface area contributed by atoms with E-state index in [1.54, 1.807) is 0 Å². The van der Waals surface area contributed by atoms with Gasteiger partial charge in [-0.2, -0.15) is 0 Å². The second-order valence-electron chi connectivity index (χ2n) is 5.20. The molecule has 1 nitrogen and oxygen atoms in total. The number of hydrogen-bond donors (Lipinski definition) is 1. The Kier molecular flexibility index (Phi) is 7.34. The van der Waals surface area contributed by atoms with Gasteiger partial charge >= 0.3 is 0 Å². The number of thioether (sulfide) groups is 1. The van der Waals surface area contributed by atoms with Crippen LogP contribution in [0.3, 0.4) is 0 Å². The summed E-state index contributed by atoms with van der Waals surface area (Å²) in [5.41, 5.74) is 0. The third-order valence-electron chi connectivity index (χ3n) is 3.39. The molecule has 2 aromatic rings. The molecule has 114 valence electrons. The van der Waals surface area contributed by atoms with Crippen molar-refractivity contribution in [2.24, 2.45) is 0 Å². The molecule has 1 unspecified atom stereocenters. The van der Waals surface area contributed by atoms with E-state index in [1.165, 1.54) is 21.1 Å². The van der Waals surface area contributed by atoms with E-state index in [-0.39, 0.29) is 0 Å². The fraction of sp³-hybridized carbons (Fsp3) is 0.444. The lowest BCUT2D eigenvalue weighted by molar-refractivity contribution is 0.553. The summed E-state index contributed by atoms with van der Waals surface area (Å²) in [7, 11) is 0. The molecule has 0 saturated heterocycles. The van der Waals surface area contributed by atoms with Gasteiger partial charge in [0.1, 0.15) is 0 Å². The lowest BCUT2D eigenvalue weighted by Gasteiger charge is -2.17. The maximum Gasteiger partial charge on any atom is 0.0209 e. The van der Waals surface area contributed by atoms with Crippen molar-refractivity contribution in [2.45, 2.75) is 44.0 Å². The zero-order valence-corrected chi connectivity index (χ0v) is 14.6. The Labute approximate surface area is 137 Å². The van der Waals surface area contributed by atoms with Gasteiger partial charge in [-0.05, 0) is 50.1 Å². The van der Waals surface area contributed by atoms with Gasteiger partial charge in [-0.15, -0.1) is 23.1 Å². The largest absolute Gasteiger partial charge is 0.313 e. The molecule has 1 aromatic carbocycles. The van der Waals surface area contributed by atoms with Crippen LogP contribution in [0.5, 0.6) is 0 Å². The molecule has 0 bridgehead atoms. The molecular weight excluding hydrogens is 294 g/mol. The van der Waals surface area contributed by atoms with Gasteiger partial charge in [-0.25, -0.2) is 0 Å². The molecule has 1 N–H and O–H groups in total. The average molecular weight is 320 g/mol. The molecule has 0 radical (unpaired) electrons. The quantitative estimate of drug-likeness (QED) is 0.652. The van der Waals surface area contributed by atoms with Crippen LogP contribution in [0, 0.1) is 0 Å². The molecule has 3 heteroatoms. The molecule has 21 heavy (non-hydrogen) atoms. The number of thiophene rings is 1. The van der Waals surface area contributed by atoms with E-state index in [9.17, 15) is 0 Å². The normalized spacial score (nSPS) is 12.5. The lowest BCUT2D eigenvalue weighted by Crippen LogP contribution is -2.33. The maximum absolute atomic E-state index is 3.70. The Hall–Kier alpha value is -0.770. The smallest absolute Gasteiger partial charge is 0.0209 e. The Morgan fingerprint density at radius 3 is 2.48 bits per heavy atom. The van der Waals surface area contributed by atoms with Crippen molar-refractivity contribution in [1.29, 1.82) is 0 Å². The highest BCUT2D eigenvalue weighted by atomic mass is 32.2. The van der Waals surface area contributed by atoms with E-state index in [0.29, 0.717) is 6.04 Å². The van der Waals surface area contributed by atoms with Crippen molar-refractivity contribution in [3.63, 3.8) is 0 Å². The molecule has 1 heterocycles. The van der Waals surface area contributed by atoms with Gasteiger partial charge in [-0.3, -0.25) is 0 Å². The zero-order chi connectivity index (χ0) is 14.9. The lowest BCUT2D eigenvalue weighted by atomic mass is 10.2. The molecule has 1 aromatic heterocycles. The zero-order valence-electron chi connectivity index (χ0n) is 13.0. The molecule has 0 spiro atoms. The Bertz CT molecular complexity index is 507. The summed E-state index contributed by atoms with van der Waals surface area (Å²) < 4.78 is 0. The van der Waals surface area contributed by atoms with Crippen molar-refractivity contribution >= 4 is 23.1 Å². The molecule has 0 amide bonds. The van der Waals surface area contributed by atoms with Gasteiger partial charge in [0.2, 0.25) is 0 Å². The number of nitrogens with one attached hydrogen (secondary N) is 1. The summed E-state index contributed by atoms with van der Waals surface area (Å²) in [5, 5.41) is 3.70. The number of aryl methyl sites for hydroxylation is 1. The number of rotatable bonds is 9. The third-order valence-corrected chi connectivity index (χ3v) is 5.82. The molecule has 0 saturated carbocycles. The fourth-order valence-corrected chi connectivity index (χ4v) is 4.23. The minimum absolute atomic E-state index is 0.554. The molecule has 1 atom stereocenters. The molecule has 0 aliphatic carbocycles. The van der Waals surface area contributed by atoms with Gasteiger partial charge in [0.05, 0.1) is 0 Å². The van der Waals surface area contributed by atoms with E-state index in [0.717, 1.165) is 25.1 Å². The minimum Gasteiger partial charge on any atom is -0.313 e. The van der Waals surface area contributed by atoms with Crippen molar-refractivity contribution in [1.82, 2.24) is 5.32 Å². The average Bonchev–Trinajstić information content (AvgIpc) is 2.98. The van der Waals surface area contributed by atoms with Gasteiger partial charge in [-0.1, -0.05) is 32.0 Å². The highest BCUT2D eigenvalue weighted by Crippen LogP contribution is 2.22. The first kappa shape index (κ1) is 16.6. The highest BCUT2D eigenvalue weighted by Gasteiger charge is 2.11. The number of hydrogen-bond acceptors (Lipinski definition) is 3. The van der Waals surface area contributed by atoms with Gasteiger partial charge < -0.3 is 5.32 Å². The summed E-state index contributed by atoms with van der Waals surface area (Å²) in [6.07, 6.45) is 3.48. The van der Waals surface area contributed by atoms with E-state index < -0.39 is 0 Å². The summed E-state index contributed by atoms with van der Waals surface area (Å²) in [6, 6.07) is 15.8. The molecular formula is C18H25NS2. The molecule has 0 fully saturated rings.